The Hall–Kier alpha value is -1.10. The Balaban J connectivity index is 2.22. The summed E-state index contributed by atoms with van der Waals surface area (Å²) in [4.78, 5) is 23.7. The average Bonchev–Trinajstić information content (AvgIpc) is 2.45. The lowest BCUT2D eigenvalue weighted by Gasteiger charge is -2.23. The van der Waals surface area contributed by atoms with E-state index in [4.69, 9.17) is 5.11 Å². The molecule has 0 aromatic carbocycles. The zero-order valence-corrected chi connectivity index (χ0v) is 12.7. The molecule has 116 valence electrons. The van der Waals surface area contributed by atoms with E-state index < -0.39 is 0 Å². The van der Waals surface area contributed by atoms with Gasteiger partial charge in [0.15, 0.2) is 0 Å². The molecule has 0 radical (unpaired) electrons. The quantitative estimate of drug-likeness (QED) is 0.657. The van der Waals surface area contributed by atoms with Crippen molar-refractivity contribution in [2.45, 2.75) is 58.4 Å². The maximum atomic E-state index is 12.0. The first-order chi connectivity index (χ1) is 9.52. The summed E-state index contributed by atoms with van der Waals surface area (Å²) in [6, 6.07) is -0.145. The standard InChI is InChI=1S/C15H28N2O3/c1-11(10-18)9-16-14(19)8-12(2)17-15(20)13-6-4-3-5-7-13/h11-13,18H,3-10H2,1-2H3,(H,16,19)(H,17,20). The first kappa shape index (κ1) is 17.0. The maximum absolute atomic E-state index is 12.0. The van der Waals surface area contributed by atoms with E-state index >= 15 is 0 Å². The van der Waals surface area contributed by atoms with Gasteiger partial charge in [-0.15, -0.1) is 0 Å². The molecule has 0 aromatic rings. The van der Waals surface area contributed by atoms with Gasteiger partial charge in [0.05, 0.1) is 0 Å². The number of aliphatic hydroxyl groups excluding tert-OH is 1. The molecule has 5 heteroatoms. The molecule has 0 spiro atoms. The van der Waals surface area contributed by atoms with Gasteiger partial charge in [0.1, 0.15) is 0 Å². The van der Waals surface area contributed by atoms with Crippen molar-refractivity contribution in [3.63, 3.8) is 0 Å². The van der Waals surface area contributed by atoms with Crippen LogP contribution in [0.2, 0.25) is 0 Å². The smallest absolute Gasteiger partial charge is 0.223 e. The fourth-order valence-electron chi connectivity index (χ4n) is 2.48. The normalized spacial score (nSPS) is 19.1. The molecule has 2 unspecified atom stereocenters. The van der Waals surface area contributed by atoms with Crippen molar-refractivity contribution in [2.24, 2.45) is 11.8 Å². The molecule has 1 aliphatic rings. The van der Waals surface area contributed by atoms with Crippen molar-refractivity contribution >= 4 is 11.8 Å². The number of hydrogen-bond acceptors (Lipinski definition) is 3. The summed E-state index contributed by atoms with van der Waals surface area (Å²) in [5.74, 6) is 0.199. The summed E-state index contributed by atoms with van der Waals surface area (Å²) < 4.78 is 0. The van der Waals surface area contributed by atoms with Crippen LogP contribution in [0, 0.1) is 11.8 Å². The molecule has 1 aliphatic carbocycles. The van der Waals surface area contributed by atoms with Gasteiger partial charge in [-0.3, -0.25) is 9.59 Å². The largest absolute Gasteiger partial charge is 0.396 e. The zero-order valence-electron chi connectivity index (χ0n) is 12.7. The molecule has 0 heterocycles. The van der Waals surface area contributed by atoms with Gasteiger partial charge in [-0.2, -0.15) is 0 Å². The van der Waals surface area contributed by atoms with Crippen LogP contribution in [0.15, 0.2) is 0 Å². The summed E-state index contributed by atoms with van der Waals surface area (Å²) in [5, 5.41) is 14.6. The van der Waals surface area contributed by atoms with Gasteiger partial charge >= 0.3 is 0 Å². The fraction of sp³-hybridized carbons (Fsp3) is 0.867. The van der Waals surface area contributed by atoms with Crippen LogP contribution in [0.3, 0.4) is 0 Å². The van der Waals surface area contributed by atoms with Crippen LogP contribution < -0.4 is 10.6 Å². The van der Waals surface area contributed by atoms with Crippen LogP contribution in [0.25, 0.3) is 0 Å². The van der Waals surface area contributed by atoms with Crippen molar-refractivity contribution in [3.8, 4) is 0 Å². The highest BCUT2D eigenvalue weighted by Gasteiger charge is 2.22. The molecule has 2 atom stereocenters. The number of nitrogens with one attached hydrogen (secondary N) is 2. The van der Waals surface area contributed by atoms with E-state index in [1.165, 1.54) is 6.42 Å². The van der Waals surface area contributed by atoms with Crippen LogP contribution in [-0.4, -0.2) is 36.1 Å². The molecule has 0 aromatic heterocycles. The van der Waals surface area contributed by atoms with Gasteiger partial charge in [-0.25, -0.2) is 0 Å². The maximum Gasteiger partial charge on any atom is 0.223 e. The molecule has 3 N–H and O–H groups in total. The Morgan fingerprint density at radius 2 is 1.85 bits per heavy atom. The van der Waals surface area contributed by atoms with E-state index in [0.717, 1.165) is 25.7 Å². The molecule has 0 saturated heterocycles. The molecule has 0 aliphatic heterocycles. The van der Waals surface area contributed by atoms with E-state index in [1.807, 2.05) is 13.8 Å². The highest BCUT2D eigenvalue weighted by atomic mass is 16.3. The van der Waals surface area contributed by atoms with Crippen LogP contribution in [0.1, 0.15) is 52.4 Å². The number of rotatable bonds is 7. The topological polar surface area (TPSA) is 78.4 Å². The van der Waals surface area contributed by atoms with Crippen LogP contribution >= 0.6 is 0 Å². The third-order valence-corrected chi connectivity index (χ3v) is 3.82. The zero-order chi connectivity index (χ0) is 15.0. The van der Waals surface area contributed by atoms with Gasteiger partial charge in [0.2, 0.25) is 11.8 Å². The van der Waals surface area contributed by atoms with Crippen molar-refractivity contribution in [1.82, 2.24) is 10.6 Å². The summed E-state index contributed by atoms with van der Waals surface area (Å²) in [6.45, 7) is 4.26. The third kappa shape index (κ3) is 6.37. The number of carbonyl (C=O) groups excluding carboxylic acids is 2. The van der Waals surface area contributed by atoms with Gasteiger partial charge < -0.3 is 15.7 Å². The first-order valence-electron chi connectivity index (χ1n) is 7.70. The highest BCUT2D eigenvalue weighted by Crippen LogP contribution is 2.23. The minimum absolute atomic E-state index is 0.0612. The number of aliphatic hydroxyl groups is 1. The van der Waals surface area contributed by atoms with Crippen molar-refractivity contribution in [1.29, 1.82) is 0 Å². The Kier molecular flexibility index (Phi) is 7.59. The van der Waals surface area contributed by atoms with E-state index in [9.17, 15) is 9.59 Å². The number of hydrogen-bond donors (Lipinski definition) is 3. The Morgan fingerprint density at radius 1 is 1.20 bits per heavy atom. The van der Waals surface area contributed by atoms with E-state index in [1.54, 1.807) is 0 Å². The Labute approximate surface area is 121 Å². The molecule has 0 bridgehead atoms. The minimum atomic E-state index is -0.145. The second-order valence-corrected chi connectivity index (χ2v) is 6.04. The molecular weight excluding hydrogens is 256 g/mol. The van der Waals surface area contributed by atoms with Crippen molar-refractivity contribution in [2.75, 3.05) is 13.2 Å². The number of amides is 2. The van der Waals surface area contributed by atoms with Crippen molar-refractivity contribution in [3.05, 3.63) is 0 Å². The highest BCUT2D eigenvalue weighted by molar-refractivity contribution is 5.81. The molecule has 1 fully saturated rings. The average molecular weight is 284 g/mol. The molecular formula is C15H28N2O3. The van der Waals surface area contributed by atoms with E-state index in [2.05, 4.69) is 10.6 Å². The first-order valence-corrected chi connectivity index (χ1v) is 7.70. The SMILES string of the molecule is CC(CO)CNC(=O)CC(C)NC(=O)C1CCCCC1. The molecule has 2 amide bonds. The van der Waals surface area contributed by atoms with Crippen molar-refractivity contribution < 1.29 is 14.7 Å². The van der Waals surface area contributed by atoms with Gasteiger partial charge in [-0.1, -0.05) is 26.2 Å². The van der Waals surface area contributed by atoms with E-state index in [-0.39, 0.29) is 42.7 Å². The van der Waals surface area contributed by atoms with Gasteiger partial charge in [-0.05, 0) is 25.7 Å². The summed E-state index contributed by atoms with van der Waals surface area (Å²) in [7, 11) is 0. The predicted molar refractivity (Wildman–Crippen MR) is 78.1 cm³/mol. The Morgan fingerprint density at radius 3 is 2.45 bits per heavy atom. The van der Waals surface area contributed by atoms with Crippen LogP contribution in [0.5, 0.6) is 0 Å². The molecule has 5 nitrogen and oxygen atoms in total. The summed E-state index contributed by atoms with van der Waals surface area (Å²) in [6.07, 6.45) is 5.72. The molecule has 1 saturated carbocycles. The monoisotopic (exact) mass is 284 g/mol. The lowest BCUT2D eigenvalue weighted by atomic mass is 9.88. The van der Waals surface area contributed by atoms with Gasteiger partial charge in [0.25, 0.3) is 0 Å². The Bertz CT molecular complexity index is 314. The van der Waals surface area contributed by atoms with Crippen LogP contribution in [-0.2, 0) is 9.59 Å². The second-order valence-electron chi connectivity index (χ2n) is 6.04. The summed E-state index contributed by atoms with van der Waals surface area (Å²) >= 11 is 0. The number of carbonyl (C=O) groups is 2. The predicted octanol–water partition coefficient (Wildman–Crippen LogP) is 1.21. The minimum Gasteiger partial charge on any atom is -0.396 e. The third-order valence-electron chi connectivity index (χ3n) is 3.82. The molecule has 20 heavy (non-hydrogen) atoms. The fourth-order valence-corrected chi connectivity index (χ4v) is 2.48. The summed E-state index contributed by atoms with van der Waals surface area (Å²) in [5.41, 5.74) is 0. The lowest BCUT2D eigenvalue weighted by molar-refractivity contribution is -0.127. The van der Waals surface area contributed by atoms with E-state index in [0.29, 0.717) is 6.54 Å². The van der Waals surface area contributed by atoms with Gasteiger partial charge in [0, 0.05) is 31.5 Å². The van der Waals surface area contributed by atoms with Crippen LogP contribution in [0.4, 0.5) is 0 Å². The molecule has 1 rings (SSSR count). The second kappa shape index (κ2) is 8.95. The lowest BCUT2D eigenvalue weighted by Crippen LogP contribution is -2.41.